The lowest BCUT2D eigenvalue weighted by Gasteiger charge is -2.34. The van der Waals surface area contributed by atoms with Gasteiger partial charge < -0.3 is 10.2 Å². The minimum atomic E-state index is 0. The highest BCUT2D eigenvalue weighted by atomic mass is 35.5. The normalized spacial score (nSPS) is 16.7. The maximum Gasteiger partial charge on any atom is 0.223 e. The van der Waals surface area contributed by atoms with Crippen LogP contribution < -0.4 is 5.32 Å². The summed E-state index contributed by atoms with van der Waals surface area (Å²) in [6, 6.07) is 17.9. The molecule has 0 radical (unpaired) electrons. The van der Waals surface area contributed by atoms with Gasteiger partial charge in [-0.2, -0.15) is 0 Å². The van der Waals surface area contributed by atoms with Gasteiger partial charge in [0.05, 0.1) is 0 Å². The second kappa shape index (κ2) is 9.51. The van der Waals surface area contributed by atoms with Gasteiger partial charge in [-0.1, -0.05) is 54.6 Å². The molecule has 1 fully saturated rings. The third-order valence-corrected chi connectivity index (χ3v) is 4.70. The van der Waals surface area contributed by atoms with Gasteiger partial charge in [-0.15, -0.1) is 12.4 Å². The number of carbonyl (C=O) groups is 2. The van der Waals surface area contributed by atoms with Crippen LogP contribution in [0.15, 0.2) is 54.6 Å². The average Bonchev–Trinajstić information content (AvgIpc) is 2.67. The fraction of sp³-hybridized carbons (Fsp3) is 0.333. The zero-order chi connectivity index (χ0) is 17.6. The van der Waals surface area contributed by atoms with E-state index in [0.717, 1.165) is 30.8 Å². The number of amides is 1. The fourth-order valence-electron chi connectivity index (χ4n) is 3.20. The molecule has 26 heavy (non-hydrogen) atoms. The Hall–Kier alpha value is -2.17. The van der Waals surface area contributed by atoms with Gasteiger partial charge in [-0.05, 0) is 18.1 Å². The number of ketones is 1. The van der Waals surface area contributed by atoms with Crippen LogP contribution in [0.2, 0.25) is 0 Å². The number of hydrogen-bond acceptors (Lipinski definition) is 3. The summed E-state index contributed by atoms with van der Waals surface area (Å²) >= 11 is 0. The number of carbonyl (C=O) groups excluding carboxylic acids is 2. The molecule has 2 aromatic rings. The standard InChI is InChI=1S/C21H24N2O2.ClH/c1-16-15-22-13-14-23(16)21(25)12-11-20(24)19-9-7-18(8-10-19)17-5-3-2-4-6-17;/h2-10,16,22H,11-15H2,1H3;1H/t16-;/m1./s1. The van der Waals surface area contributed by atoms with Crippen molar-refractivity contribution in [2.45, 2.75) is 25.8 Å². The third-order valence-electron chi connectivity index (χ3n) is 4.70. The summed E-state index contributed by atoms with van der Waals surface area (Å²) in [5.74, 6) is 0.0963. The van der Waals surface area contributed by atoms with Crippen molar-refractivity contribution in [3.8, 4) is 11.1 Å². The smallest absolute Gasteiger partial charge is 0.223 e. The SMILES string of the molecule is C[C@@H]1CNCCN1C(=O)CCC(=O)c1ccc(-c2ccccc2)cc1.Cl. The molecule has 1 aliphatic heterocycles. The maximum absolute atomic E-state index is 12.4. The number of hydrogen-bond donors (Lipinski definition) is 1. The van der Waals surface area contributed by atoms with Gasteiger partial charge in [0.2, 0.25) is 5.91 Å². The molecule has 0 bridgehead atoms. The van der Waals surface area contributed by atoms with Gasteiger partial charge >= 0.3 is 0 Å². The van der Waals surface area contributed by atoms with Crippen LogP contribution in [0.4, 0.5) is 0 Å². The van der Waals surface area contributed by atoms with Crippen molar-refractivity contribution in [2.24, 2.45) is 0 Å². The van der Waals surface area contributed by atoms with Crippen LogP contribution in [0.1, 0.15) is 30.1 Å². The van der Waals surface area contributed by atoms with Gasteiger partial charge in [0, 0.05) is 44.1 Å². The summed E-state index contributed by atoms with van der Waals surface area (Å²) in [6.45, 7) is 4.40. The predicted molar refractivity (Wildman–Crippen MR) is 107 cm³/mol. The minimum Gasteiger partial charge on any atom is -0.337 e. The molecule has 1 heterocycles. The predicted octanol–water partition coefficient (Wildman–Crippen LogP) is 3.56. The Morgan fingerprint density at radius 1 is 1.00 bits per heavy atom. The quantitative estimate of drug-likeness (QED) is 0.816. The molecule has 1 aliphatic rings. The third kappa shape index (κ3) is 4.93. The Kier molecular flexibility index (Phi) is 7.37. The largest absolute Gasteiger partial charge is 0.337 e. The lowest BCUT2D eigenvalue weighted by Crippen LogP contribution is -2.52. The van der Waals surface area contributed by atoms with E-state index < -0.39 is 0 Å². The summed E-state index contributed by atoms with van der Waals surface area (Å²) in [5.41, 5.74) is 2.88. The average molecular weight is 373 g/mol. The van der Waals surface area contributed by atoms with E-state index >= 15 is 0 Å². The molecular formula is C21H25ClN2O2. The van der Waals surface area contributed by atoms with Crippen LogP contribution in [-0.2, 0) is 4.79 Å². The Morgan fingerprint density at radius 3 is 2.31 bits per heavy atom. The van der Waals surface area contributed by atoms with Crippen LogP contribution >= 0.6 is 12.4 Å². The van der Waals surface area contributed by atoms with Crippen LogP contribution in [0, 0.1) is 0 Å². The summed E-state index contributed by atoms with van der Waals surface area (Å²) in [4.78, 5) is 26.6. The van der Waals surface area contributed by atoms with Crippen molar-refractivity contribution < 1.29 is 9.59 Å². The minimum absolute atomic E-state index is 0. The highest BCUT2D eigenvalue weighted by Crippen LogP contribution is 2.20. The first-order chi connectivity index (χ1) is 12.1. The summed E-state index contributed by atoms with van der Waals surface area (Å²) < 4.78 is 0. The van der Waals surface area contributed by atoms with Crippen molar-refractivity contribution in [3.05, 3.63) is 60.2 Å². The first-order valence-electron chi connectivity index (χ1n) is 8.84. The second-order valence-electron chi connectivity index (χ2n) is 6.51. The van der Waals surface area contributed by atoms with E-state index in [-0.39, 0.29) is 43.0 Å². The fourth-order valence-corrected chi connectivity index (χ4v) is 3.20. The van der Waals surface area contributed by atoms with E-state index in [1.54, 1.807) is 0 Å². The number of benzene rings is 2. The van der Waals surface area contributed by atoms with Gasteiger partial charge in [0.25, 0.3) is 0 Å². The van der Waals surface area contributed by atoms with Crippen molar-refractivity contribution in [3.63, 3.8) is 0 Å². The molecule has 0 unspecified atom stereocenters. The van der Waals surface area contributed by atoms with Gasteiger partial charge in [0.1, 0.15) is 0 Å². The van der Waals surface area contributed by atoms with Crippen LogP contribution in [0.5, 0.6) is 0 Å². The molecule has 0 spiro atoms. The summed E-state index contributed by atoms with van der Waals surface area (Å²) in [7, 11) is 0. The molecule has 0 aliphatic carbocycles. The number of piperazine rings is 1. The van der Waals surface area contributed by atoms with Crippen molar-refractivity contribution >= 4 is 24.1 Å². The van der Waals surface area contributed by atoms with Crippen LogP contribution in [0.25, 0.3) is 11.1 Å². The van der Waals surface area contributed by atoms with Crippen molar-refractivity contribution in [2.75, 3.05) is 19.6 Å². The zero-order valence-corrected chi connectivity index (χ0v) is 15.8. The molecule has 1 saturated heterocycles. The summed E-state index contributed by atoms with van der Waals surface area (Å²) in [6.07, 6.45) is 0.545. The van der Waals surface area contributed by atoms with Crippen LogP contribution in [-0.4, -0.2) is 42.3 Å². The maximum atomic E-state index is 12.4. The molecule has 5 heteroatoms. The lowest BCUT2D eigenvalue weighted by atomic mass is 10.0. The molecular weight excluding hydrogens is 348 g/mol. The van der Waals surface area contributed by atoms with Crippen molar-refractivity contribution in [1.82, 2.24) is 10.2 Å². The van der Waals surface area contributed by atoms with E-state index in [0.29, 0.717) is 5.56 Å². The molecule has 3 rings (SSSR count). The number of halogens is 1. The zero-order valence-electron chi connectivity index (χ0n) is 15.0. The van der Waals surface area contributed by atoms with E-state index in [9.17, 15) is 9.59 Å². The van der Waals surface area contributed by atoms with Gasteiger partial charge in [-0.25, -0.2) is 0 Å². The van der Waals surface area contributed by atoms with Crippen LogP contribution in [0.3, 0.4) is 0 Å². The Morgan fingerprint density at radius 2 is 1.65 bits per heavy atom. The second-order valence-corrected chi connectivity index (χ2v) is 6.51. The number of nitrogens with one attached hydrogen (secondary N) is 1. The number of Topliss-reactive ketones (excluding diaryl/α,β-unsaturated/α-hetero) is 1. The summed E-state index contributed by atoms with van der Waals surface area (Å²) in [5, 5.41) is 3.27. The van der Waals surface area contributed by atoms with Gasteiger partial charge in [-0.3, -0.25) is 9.59 Å². The first kappa shape index (κ1) is 20.1. The Labute approximate surface area is 161 Å². The van der Waals surface area contributed by atoms with E-state index in [1.807, 2.05) is 66.4 Å². The molecule has 1 atom stereocenters. The van der Waals surface area contributed by atoms with E-state index in [4.69, 9.17) is 0 Å². The Bertz CT molecular complexity index is 731. The van der Waals surface area contributed by atoms with Gasteiger partial charge in [0.15, 0.2) is 5.78 Å². The molecule has 0 aromatic heterocycles. The van der Waals surface area contributed by atoms with Crippen molar-refractivity contribution in [1.29, 1.82) is 0 Å². The van der Waals surface area contributed by atoms with E-state index in [1.165, 1.54) is 0 Å². The lowest BCUT2D eigenvalue weighted by molar-refractivity contribution is -0.133. The monoisotopic (exact) mass is 372 g/mol. The molecule has 4 nitrogen and oxygen atoms in total. The molecule has 138 valence electrons. The molecule has 0 saturated carbocycles. The topological polar surface area (TPSA) is 49.4 Å². The molecule has 2 aromatic carbocycles. The Balaban J connectivity index is 0.00000243. The van der Waals surface area contributed by atoms with E-state index in [2.05, 4.69) is 5.32 Å². The molecule has 1 N–H and O–H groups in total. The highest BCUT2D eigenvalue weighted by molar-refractivity contribution is 5.98. The number of nitrogens with zero attached hydrogens (tertiary/aromatic N) is 1. The first-order valence-corrected chi connectivity index (χ1v) is 8.84. The molecule has 1 amide bonds. The highest BCUT2D eigenvalue weighted by Gasteiger charge is 2.23. The number of rotatable bonds is 5.